The van der Waals surface area contributed by atoms with Crippen molar-refractivity contribution < 1.29 is 25.8 Å². The smallest absolute Gasteiger partial charge is 0.509 e. The first kappa shape index (κ1) is 35.1. The van der Waals surface area contributed by atoms with Gasteiger partial charge in [0.25, 0.3) is 0 Å². The van der Waals surface area contributed by atoms with E-state index < -0.39 is 0 Å². The molecular weight excluding hydrogens is 824 g/mol. The molecule has 0 bridgehead atoms. The summed E-state index contributed by atoms with van der Waals surface area (Å²) in [4.78, 5) is 4.71. The van der Waals surface area contributed by atoms with Crippen LogP contribution in [0.3, 0.4) is 0 Å². The van der Waals surface area contributed by atoms with Crippen molar-refractivity contribution >= 4 is 45.3 Å². The summed E-state index contributed by atoms with van der Waals surface area (Å²) < 4.78 is 10.7. The Balaban J connectivity index is 0.00000417. The van der Waals surface area contributed by atoms with Gasteiger partial charge in [-0.25, -0.2) is 4.98 Å². The Bertz CT molecular complexity index is 2300. The first-order chi connectivity index (χ1) is 23.3. The molecule has 250 valence electrons. The summed E-state index contributed by atoms with van der Waals surface area (Å²) in [5.41, 5.74) is 11.7. The molecule has 0 saturated heterocycles. The zero-order chi connectivity index (χ0) is 33.5. The zero-order valence-corrected chi connectivity index (χ0v) is 32.7. The van der Waals surface area contributed by atoms with Gasteiger partial charge in [0, 0.05) is 28.8 Å². The number of nitrogens with zero attached hydrogens (tertiary/aromatic N) is 4. The molecule has 7 aromatic rings. The molecule has 0 N–H and O–H groups in total. The molecule has 4 aromatic carbocycles. The molecule has 3 heterocycles. The van der Waals surface area contributed by atoms with Gasteiger partial charge >= 0.3 is 21.1 Å². The molecule has 0 atom stereocenters. The molecular formula is C41H38N4OPtS2. The summed E-state index contributed by atoms with van der Waals surface area (Å²) in [6.45, 7) is 15.3. The predicted molar refractivity (Wildman–Crippen MR) is 202 cm³/mol. The van der Waals surface area contributed by atoms with Gasteiger partial charge in [0.2, 0.25) is 0 Å². The molecule has 8 heteroatoms. The van der Waals surface area contributed by atoms with Crippen molar-refractivity contribution in [3.63, 3.8) is 0 Å². The van der Waals surface area contributed by atoms with E-state index in [0.717, 1.165) is 60.4 Å². The summed E-state index contributed by atoms with van der Waals surface area (Å²) >= 11 is 3.61. The van der Waals surface area contributed by atoms with E-state index in [9.17, 15) is 0 Å². The molecule has 0 aliphatic carbocycles. The minimum Gasteiger partial charge on any atom is -0.509 e. The van der Waals surface area contributed by atoms with Gasteiger partial charge in [-0.3, -0.25) is 4.68 Å². The Kier molecular flexibility index (Phi) is 10.5. The van der Waals surface area contributed by atoms with E-state index in [4.69, 9.17) is 14.8 Å². The second-order valence-electron chi connectivity index (χ2n) is 12.0. The minimum atomic E-state index is 0. The van der Waals surface area contributed by atoms with Gasteiger partial charge in [-0.2, -0.15) is 17.2 Å². The number of benzene rings is 4. The molecule has 3 aromatic heterocycles. The maximum absolute atomic E-state index is 6.50. The maximum Gasteiger partial charge on any atom is 2.00 e. The molecule has 0 saturated carbocycles. The van der Waals surface area contributed by atoms with Crippen LogP contribution in [0.25, 0.3) is 44.4 Å². The third-order valence-corrected chi connectivity index (χ3v) is 10.7. The van der Waals surface area contributed by atoms with Crippen LogP contribution in [0.1, 0.15) is 41.7 Å². The van der Waals surface area contributed by atoms with Crippen molar-refractivity contribution in [1.82, 2.24) is 19.3 Å². The van der Waals surface area contributed by atoms with Gasteiger partial charge in [-0.05, 0) is 109 Å². The van der Waals surface area contributed by atoms with Crippen molar-refractivity contribution in [2.75, 3.05) is 11.5 Å². The Morgan fingerprint density at radius 2 is 1.47 bits per heavy atom. The number of pyridine rings is 1. The number of aromatic nitrogens is 4. The largest absolute Gasteiger partial charge is 2.00 e. The summed E-state index contributed by atoms with van der Waals surface area (Å²) in [6, 6.07) is 32.0. The first-order valence-corrected chi connectivity index (χ1v) is 18.3. The van der Waals surface area contributed by atoms with Crippen LogP contribution in [-0.4, -0.2) is 30.8 Å². The van der Waals surface area contributed by atoms with Gasteiger partial charge in [-0.1, -0.05) is 43.6 Å². The quantitative estimate of drug-likeness (QED) is 0.107. The van der Waals surface area contributed by atoms with E-state index in [1.54, 1.807) is 11.8 Å². The van der Waals surface area contributed by atoms with Crippen molar-refractivity contribution in [3.8, 4) is 34.1 Å². The number of ether oxygens (including phenoxy) is 1. The Morgan fingerprint density at radius 1 is 0.735 bits per heavy atom. The fourth-order valence-corrected chi connectivity index (χ4v) is 8.11. The van der Waals surface area contributed by atoms with Crippen LogP contribution in [0, 0.1) is 46.8 Å². The van der Waals surface area contributed by atoms with E-state index >= 15 is 0 Å². The average Bonchev–Trinajstić information content (AvgIpc) is 3.59. The number of para-hydroxylation sites is 1. The van der Waals surface area contributed by atoms with Crippen LogP contribution >= 0.6 is 23.5 Å². The molecule has 0 amide bonds. The maximum atomic E-state index is 6.50. The number of rotatable bonds is 9. The van der Waals surface area contributed by atoms with Gasteiger partial charge in [0.05, 0.1) is 0 Å². The topological polar surface area (TPSA) is 44.9 Å². The van der Waals surface area contributed by atoms with Crippen LogP contribution < -0.4 is 4.74 Å². The second-order valence-corrected chi connectivity index (χ2v) is 14.5. The monoisotopic (exact) mass is 861 g/mol. The van der Waals surface area contributed by atoms with E-state index in [1.165, 1.54) is 33.4 Å². The molecule has 49 heavy (non-hydrogen) atoms. The first-order valence-electron chi connectivity index (χ1n) is 16.3. The van der Waals surface area contributed by atoms with E-state index in [0.29, 0.717) is 11.5 Å². The third-order valence-electron chi connectivity index (χ3n) is 8.88. The van der Waals surface area contributed by atoms with Crippen molar-refractivity contribution in [2.45, 2.75) is 58.5 Å². The van der Waals surface area contributed by atoms with Crippen LogP contribution in [0.15, 0.2) is 89.0 Å². The van der Waals surface area contributed by atoms with Crippen LogP contribution in [0.5, 0.6) is 11.5 Å². The minimum absolute atomic E-state index is 0. The standard InChI is InChI=1S/C41H38N4OS2.Pt/c1-8-47-40-39(38-28(6)26(4)22-27(5)29(38)7)41(48-9-2)45(43-40)30-13-12-14-31(23-30)46-32-17-18-34-33-15-10-11-16-35(33)44(36(34)24-32)37-21-25(3)19-20-42-37;/h10-22H,8-9H2,1-7H3;/q-2;+2. The number of hydrogen-bond acceptors (Lipinski definition) is 5. The van der Waals surface area contributed by atoms with Crippen LogP contribution in [0.2, 0.25) is 0 Å². The van der Waals surface area contributed by atoms with E-state index in [1.807, 2.05) is 42.2 Å². The normalized spacial score (nSPS) is 11.3. The SMILES string of the molecule is CCSc1nn(-c2[c-]c(Oc3[c-]c4c(cc3)c3ccccc3n4-c3cc(C)ccn3)ccc2)c(SCC)c1-c1c(C)c(C)cc(C)c1C.[Pt+2]. The fourth-order valence-electron chi connectivity index (χ4n) is 6.41. The number of thioether (sulfide) groups is 2. The van der Waals surface area contributed by atoms with Crippen LogP contribution in [0.4, 0.5) is 0 Å². The molecule has 0 fully saturated rings. The molecule has 0 radical (unpaired) electrons. The Morgan fingerprint density at radius 3 is 2.20 bits per heavy atom. The van der Waals surface area contributed by atoms with Gasteiger partial charge in [0.15, 0.2) is 0 Å². The summed E-state index contributed by atoms with van der Waals surface area (Å²) in [5, 5.41) is 9.64. The van der Waals surface area contributed by atoms with Crippen molar-refractivity contribution in [2.24, 2.45) is 0 Å². The Hall–Kier alpha value is -3.77. The van der Waals surface area contributed by atoms with Crippen LogP contribution in [-0.2, 0) is 21.1 Å². The molecule has 0 unspecified atom stereocenters. The van der Waals surface area contributed by atoms with Gasteiger partial charge in [0.1, 0.15) is 15.9 Å². The molecule has 0 spiro atoms. The molecule has 7 rings (SSSR count). The van der Waals surface area contributed by atoms with Crippen molar-refractivity contribution in [3.05, 3.63) is 119 Å². The van der Waals surface area contributed by atoms with E-state index in [2.05, 4.69) is 118 Å². The summed E-state index contributed by atoms with van der Waals surface area (Å²) in [5.74, 6) is 3.93. The molecule has 0 aliphatic rings. The molecule has 0 aliphatic heterocycles. The third kappa shape index (κ3) is 6.49. The van der Waals surface area contributed by atoms with Crippen molar-refractivity contribution in [1.29, 1.82) is 0 Å². The average molecular weight is 862 g/mol. The second kappa shape index (κ2) is 14.6. The van der Waals surface area contributed by atoms with Gasteiger partial charge in [-0.15, -0.1) is 59.2 Å². The zero-order valence-electron chi connectivity index (χ0n) is 28.7. The predicted octanol–water partition coefficient (Wildman–Crippen LogP) is 11.2. The Labute approximate surface area is 311 Å². The van der Waals surface area contributed by atoms with Gasteiger partial charge < -0.3 is 9.30 Å². The molecule has 5 nitrogen and oxygen atoms in total. The fraction of sp³-hybridized carbons (Fsp3) is 0.220. The summed E-state index contributed by atoms with van der Waals surface area (Å²) in [7, 11) is 0. The number of aryl methyl sites for hydroxylation is 3. The van der Waals surface area contributed by atoms with E-state index in [-0.39, 0.29) is 21.1 Å². The number of hydrogen-bond donors (Lipinski definition) is 0. The number of fused-ring (bicyclic) bond motifs is 3. The summed E-state index contributed by atoms with van der Waals surface area (Å²) in [6.07, 6.45) is 1.85.